The van der Waals surface area contributed by atoms with E-state index in [0.717, 1.165) is 0 Å². The van der Waals surface area contributed by atoms with E-state index in [2.05, 4.69) is 15.8 Å². The molecule has 0 spiro atoms. The molecular weight excluding hydrogens is 314 g/mol. The Hall–Kier alpha value is -3.35. The lowest BCUT2D eigenvalue weighted by Crippen LogP contribution is -2.12. The lowest BCUT2D eigenvalue weighted by molar-refractivity contribution is 0.102. The molecule has 0 atom stereocenters. The van der Waals surface area contributed by atoms with Crippen LogP contribution in [0.4, 0.5) is 11.4 Å². The molecule has 112 valence electrons. The van der Waals surface area contributed by atoms with Crippen LogP contribution in [0.15, 0.2) is 53.6 Å². The zero-order valence-electron chi connectivity index (χ0n) is 11.7. The zero-order valence-corrected chi connectivity index (χ0v) is 12.5. The number of carbonyl (C=O) groups excluding carboxylic acids is 1. The Morgan fingerprint density at radius 3 is 2.43 bits per heavy atom. The molecule has 0 aliphatic heterocycles. The molecule has 0 aliphatic rings. The van der Waals surface area contributed by atoms with Gasteiger partial charge in [0.05, 0.1) is 5.69 Å². The van der Waals surface area contributed by atoms with Crippen molar-refractivity contribution < 1.29 is 4.79 Å². The van der Waals surface area contributed by atoms with Crippen molar-refractivity contribution in [2.24, 2.45) is 5.10 Å². The van der Waals surface area contributed by atoms with E-state index in [-0.39, 0.29) is 11.6 Å². The van der Waals surface area contributed by atoms with Crippen LogP contribution >= 0.6 is 11.6 Å². The third-order valence-corrected chi connectivity index (χ3v) is 2.95. The van der Waals surface area contributed by atoms with Crippen LogP contribution in [0.3, 0.4) is 0 Å². The minimum atomic E-state index is -0.319. The highest BCUT2D eigenvalue weighted by Gasteiger charge is 2.07. The molecule has 0 radical (unpaired) electrons. The number of amides is 1. The number of rotatable bonds is 4. The highest BCUT2D eigenvalue weighted by atomic mass is 35.5. The second-order valence-corrected chi connectivity index (χ2v) is 4.78. The molecule has 0 unspecified atom stereocenters. The van der Waals surface area contributed by atoms with Gasteiger partial charge in [-0.25, -0.2) is 0 Å². The fraction of sp³-hybridized carbons (Fsp3) is 0. The molecule has 0 saturated heterocycles. The van der Waals surface area contributed by atoms with Gasteiger partial charge in [-0.3, -0.25) is 10.2 Å². The standard InChI is InChI=1S/C16H10ClN5O/c17-12-4-2-5-13(8-12)20-16(23)11-3-1-6-14(7-11)21-22-15(9-18)10-19/h1-8,21H,(H,20,23). The van der Waals surface area contributed by atoms with E-state index < -0.39 is 0 Å². The van der Waals surface area contributed by atoms with Gasteiger partial charge in [-0.15, -0.1) is 0 Å². The van der Waals surface area contributed by atoms with Gasteiger partial charge in [0.25, 0.3) is 5.91 Å². The van der Waals surface area contributed by atoms with Gasteiger partial charge in [0.15, 0.2) is 0 Å². The topological polar surface area (TPSA) is 101 Å². The highest BCUT2D eigenvalue weighted by molar-refractivity contribution is 6.31. The van der Waals surface area contributed by atoms with E-state index in [1.165, 1.54) is 0 Å². The SMILES string of the molecule is N#CC(C#N)=NNc1cccc(C(=O)Nc2cccc(Cl)c2)c1. The molecule has 1 amide bonds. The Balaban J connectivity index is 2.13. The quantitative estimate of drug-likeness (QED) is 0.665. The van der Waals surface area contributed by atoms with E-state index in [1.807, 2.05) is 0 Å². The van der Waals surface area contributed by atoms with Crippen molar-refractivity contribution in [2.45, 2.75) is 0 Å². The van der Waals surface area contributed by atoms with Crippen LogP contribution in [0.25, 0.3) is 0 Å². The number of anilines is 2. The second kappa shape index (κ2) is 7.60. The van der Waals surface area contributed by atoms with Gasteiger partial charge in [-0.1, -0.05) is 23.7 Å². The summed E-state index contributed by atoms with van der Waals surface area (Å²) in [7, 11) is 0. The molecule has 0 aromatic heterocycles. The summed E-state index contributed by atoms with van der Waals surface area (Å²) in [6.45, 7) is 0. The van der Waals surface area contributed by atoms with Crippen molar-refractivity contribution >= 4 is 34.6 Å². The first-order valence-electron chi connectivity index (χ1n) is 6.43. The molecule has 0 fully saturated rings. The van der Waals surface area contributed by atoms with Crippen molar-refractivity contribution in [3.63, 3.8) is 0 Å². The zero-order chi connectivity index (χ0) is 16.7. The molecule has 7 heteroatoms. The third kappa shape index (κ3) is 4.57. The minimum absolute atomic E-state index is 0.307. The van der Waals surface area contributed by atoms with Crippen LogP contribution in [0.2, 0.25) is 5.02 Å². The Morgan fingerprint density at radius 1 is 1.04 bits per heavy atom. The fourth-order valence-corrected chi connectivity index (χ4v) is 1.89. The smallest absolute Gasteiger partial charge is 0.255 e. The molecule has 2 rings (SSSR count). The largest absolute Gasteiger partial charge is 0.322 e. The number of nitrogens with zero attached hydrogens (tertiary/aromatic N) is 3. The molecule has 2 N–H and O–H groups in total. The van der Waals surface area contributed by atoms with Crippen LogP contribution in [0, 0.1) is 22.7 Å². The van der Waals surface area contributed by atoms with E-state index in [0.29, 0.717) is 22.0 Å². The lowest BCUT2D eigenvalue weighted by Gasteiger charge is -2.07. The summed E-state index contributed by atoms with van der Waals surface area (Å²) in [5.74, 6) is -0.319. The maximum atomic E-state index is 12.2. The van der Waals surface area contributed by atoms with Gasteiger partial charge in [-0.05, 0) is 36.4 Å². The monoisotopic (exact) mass is 323 g/mol. The molecule has 23 heavy (non-hydrogen) atoms. The van der Waals surface area contributed by atoms with Crippen molar-refractivity contribution in [1.29, 1.82) is 10.5 Å². The highest BCUT2D eigenvalue weighted by Crippen LogP contribution is 2.17. The Kier molecular flexibility index (Phi) is 5.30. The third-order valence-electron chi connectivity index (χ3n) is 2.72. The lowest BCUT2D eigenvalue weighted by atomic mass is 10.2. The van der Waals surface area contributed by atoms with Gasteiger partial charge in [-0.2, -0.15) is 15.6 Å². The maximum absolute atomic E-state index is 12.2. The molecule has 6 nitrogen and oxygen atoms in total. The molecular formula is C16H10ClN5O. The number of hydrogen-bond donors (Lipinski definition) is 2. The molecule has 0 heterocycles. The number of hydrazone groups is 1. The number of nitrogens with one attached hydrogen (secondary N) is 2. The molecule has 0 saturated carbocycles. The van der Waals surface area contributed by atoms with Gasteiger partial charge < -0.3 is 5.32 Å². The molecule has 2 aromatic rings. The number of carbonyl (C=O) groups is 1. The van der Waals surface area contributed by atoms with Crippen molar-refractivity contribution in [1.82, 2.24) is 0 Å². The van der Waals surface area contributed by atoms with E-state index in [9.17, 15) is 4.79 Å². The summed E-state index contributed by atoms with van der Waals surface area (Å²) >= 11 is 5.87. The van der Waals surface area contributed by atoms with Gasteiger partial charge in [0, 0.05) is 16.3 Å². The normalized spacial score (nSPS) is 9.17. The first-order chi connectivity index (χ1) is 11.1. The van der Waals surface area contributed by atoms with Gasteiger partial charge in [0.1, 0.15) is 12.1 Å². The summed E-state index contributed by atoms with van der Waals surface area (Å²) in [6.07, 6.45) is 0. The summed E-state index contributed by atoms with van der Waals surface area (Å²) in [5, 5.41) is 24.1. The maximum Gasteiger partial charge on any atom is 0.255 e. The van der Waals surface area contributed by atoms with Crippen molar-refractivity contribution in [3.05, 3.63) is 59.1 Å². The Morgan fingerprint density at radius 2 is 1.74 bits per heavy atom. The van der Waals surface area contributed by atoms with E-state index >= 15 is 0 Å². The summed E-state index contributed by atoms with van der Waals surface area (Å²) in [5.41, 5.74) is 3.70. The van der Waals surface area contributed by atoms with Crippen LogP contribution in [0.5, 0.6) is 0 Å². The molecule has 2 aromatic carbocycles. The molecule has 0 aliphatic carbocycles. The van der Waals surface area contributed by atoms with Crippen LogP contribution in [-0.4, -0.2) is 11.6 Å². The first kappa shape index (κ1) is 16.0. The number of nitriles is 2. The molecule has 0 bridgehead atoms. The average Bonchev–Trinajstić information content (AvgIpc) is 2.56. The number of hydrogen-bond acceptors (Lipinski definition) is 5. The summed E-state index contributed by atoms with van der Waals surface area (Å²) in [6, 6.07) is 16.6. The fourth-order valence-electron chi connectivity index (χ4n) is 1.69. The van der Waals surface area contributed by atoms with Crippen molar-refractivity contribution in [2.75, 3.05) is 10.7 Å². The Labute approximate surface area is 137 Å². The number of benzene rings is 2. The predicted molar refractivity (Wildman–Crippen MR) is 88.1 cm³/mol. The van der Waals surface area contributed by atoms with Gasteiger partial charge in [0.2, 0.25) is 5.71 Å². The predicted octanol–water partition coefficient (Wildman–Crippen LogP) is 3.41. The summed E-state index contributed by atoms with van der Waals surface area (Å²) < 4.78 is 0. The van der Waals surface area contributed by atoms with Crippen molar-refractivity contribution in [3.8, 4) is 12.1 Å². The number of halogens is 1. The van der Waals surface area contributed by atoms with E-state index in [4.69, 9.17) is 22.1 Å². The second-order valence-electron chi connectivity index (χ2n) is 4.34. The average molecular weight is 324 g/mol. The van der Waals surface area contributed by atoms with Crippen LogP contribution < -0.4 is 10.7 Å². The summed E-state index contributed by atoms with van der Waals surface area (Å²) in [4.78, 5) is 12.2. The van der Waals surface area contributed by atoms with Crippen LogP contribution in [-0.2, 0) is 0 Å². The first-order valence-corrected chi connectivity index (χ1v) is 6.81. The van der Waals surface area contributed by atoms with E-state index in [1.54, 1.807) is 60.7 Å². The Bertz CT molecular complexity index is 832. The van der Waals surface area contributed by atoms with Crippen LogP contribution in [0.1, 0.15) is 10.4 Å². The minimum Gasteiger partial charge on any atom is -0.322 e. The van der Waals surface area contributed by atoms with Gasteiger partial charge >= 0.3 is 0 Å².